The fourth-order valence-electron chi connectivity index (χ4n) is 2.94. The van der Waals surface area contributed by atoms with Gasteiger partial charge in [-0.25, -0.2) is 0 Å². The van der Waals surface area contributed by atoms with Crippen molar-refractivity contribution in [2.24, 2.45) is 7.05 Å². The van der Waals surface area contributed by atoms with E-state index in [-0.39, 0.29) is 23.9 Å². The molecule has 2 aromatic rings. The standard InChI is InChI=1S/C20H21NO4/c1-12(2)11-24-15-7-5-14(6-8-15)16-10-18(22)25-17-9-13(3)21(4)20(23)19(16)17/h5-9,16H,1,10-11H2,2-4H3/t16-/m1/s1. The van der Waals surface area contributed by atoms with Crippen molar-refractivity contribution in [2.75, 3.05) is 6.61 Å². The van der Waals surface area contributed by atoms with Crippen LogP contribution in [0, 0.1) is 6.92 Å². The van der Waals surface area contributed by atoms with E-state index in [1.165, 1.54) is 0 Å². The zero-order chi connectivity index (χ0) is 18.1. The van der Waals surface area contributed by atoms with Gasteiger partial charge in [0.25, 0.3) is 5.56 Å². The van der Waals surface area contributed by atoms with E-state index in [1.807, 2.05) is 38.1 Å². The van der Waals surface area contributed by atoms with E-state index in [1.54, 1.807) is 17.7 Å². The summed E-state index contributed by atoms with van der Waals surface area (Å²) in [5.41, 5.74) is 2.98. The highest BCUT2D eigenvalue weighted by molar-refractivity contribution is 5.77. The van der Waals surface area contributed by atoms with Gasteiger partial charge in [0.2, 0.25) is 0 Å². The van der Waals surface area contributed by atoms with Gasteiger partial charge in [-0.2, -0.15) is 0 Å². The van der Waals surface area contributed by atoms with Crippen molar-refractivity contribution in [3.63, 3.8) is 0 Å². The first-order valence-electron chi connectivity index (χ1n) is 8.15. The van der Waals surface area contributed by atoms with E-state index < -0.39 is 0 Å². The van der Waals surface area contributed by atoms with Crippen LogP contribution in [0.5, 0.6) is 11.5 Å². The molecular formula is C20H21NO4. The first-order chi connectivity index (χ1) is 11.9. The molecule has 0 radical (unpaired) electrons. The molecule has 5 heteroatoms. The SMILES string of the molecule is C=C(C)COc1ccc([C@H]2CC(=O)Oc3cc(C)n(C)c(=O)c32)cc1. The van der Waals surface area contributed by atoms with Crippen LogP contribution in [0.1, 0.15) is 36.1 Å². The van der Waals surface area contributed by atoms with Gasteiger partial charge in [-0.15, -0.1) is 0 Å². The fraction of sp³-hybridized carbons (Fsp3) is 0.300. The molecule has 130 valence electrons. The van der Waals surface area contributed by atoms with Crippen LogP contribution in [0.15, 0.2) is 47.3 Å². The second-order valence-corrected chi connectivity index (χ2v) is 6.47. The number of nitrogens with zero attached hydrogens (tertiary/aromatic N) is 1. The number of pyridine rings is 1. The predicted molar refractivity (Wildman–Crippen MR) is 95.3 cm³/mol. The van der Waals surface area contributed by atoms with E-state index in [0.717, 1.165) is 22.6 Å². The third-order valence-corrected chi connectivity index (χ3v) is 4.38. The molecule has 0 bridgehead atoms. The molecule has 0 fully saturated rings. The van der Waals surface area contributed by atoms with Crippen molar-refractivity contribution in [3.05, 3.63) is 69.7 Å². The maximum Gasteiger partial charge on any atom is 0.312 e. The van der Waals surface area contributed by atoms with Crippen molar-refractivity contribution in [2.45, 2.75) is 26.2 Å². The summed E-state index contributed by atoms with van der Waals surface area (Å²) in [5, 5.41) is 0. The van der Waals surface area contributed by atoms with Gasteiger partial charge >= 0.3 is 5.97 Å². The lowest BCUT2D eigenvalue weighted by Gasteiger charge is -2.25. The third kappa shape index (κ3) is 3.36. The Bertz CT molecular complexity index is 893. The van der Waals surface area contributed by atoms with Crippen LogP contribution in [0.3, 0.4) is 0 Å². The maximum atomic E-state index is 12.7. The topological polar surface area (TPSA) is 57.5 Å². The summed E-state index contributed by atoms with van der Waals surface area (Å²) >= 11 is 0. The van der Waals surface area contributed by atoms with Crippen molar-refractivity contribution >= 4 is 5.97 Å². The minimum absolute atomic E-state index is 0.130. The summed E-state index contributed by atoms with van der Waals surface area (Å²) in [6, 6.07) is 9.21. The molecule has 0 spiro atoms. The number of aryl methyl sites for hydroxylation is 1. The van der Waals surface area contributed by atoms with Crippen LogP contribution in [0.25, 0.3) is 0 Å². The Morgan fingerprint density at radius 1 is 1.32 bits per heavy atom. The quantitative estimate of drug-likeness (QED) is 0.634. The highest BCUT2D eigenvalue weighted by Gasteiger charge is 2.32. The van der Waals surface area contributed by atoms with Gasteiger partial charge in [0.05, 0.1) is 12.0 Å². The smallest absolute Gasteiger partial charge is 0.312 e. The number of rotatable bonds is 4. The molecule has 0 N–H and O–H groups in total. The molecule has 3 rings (SSSR count). The molecule has 1 aliphatic heterocycles. The van der Waals surface area contributed by atoms with E-state index in [9.17, 15) is 9.59 Å². The molecule has 1 aromatic heterocycles. The van der Waals surface area contributed by atoms with Crippen molar-refractivity contribution < 1.29 is 14.3 Å². The number of hydrogen-bond donors (Lipinski definition) is 0. The molecule has 0 amide bonds. The average Bonchev–Trinajstić information content (AvgIpc) is 2.57. The van der Waals surface area contributed by atoms with Gasteiger partial charge in [0.15, 0.2) is 0 Å². The molecular weight excluding hydrogens is 318 g/mol. The van der Waals surface area contributed by atoms with E-state index >= 15 is 0 Å². The van der Waals surface area contributed by atoms with Gasteiger partial charge < -0.3 is 14.0 Å². The summed E-state index contributed by atoms with van der Waals surface area (Å²) in [6.07, 6.45) is 0.150. The molecule has 0 aliphatic carbocycles. The molecule has 1 aliphatic rings. The third-order valence-electron chi connectivity index (χ3n) is 4.38. The number of benzene rings is 1. The largest absolute Gasteiger partial charge is 0.489 e. The second-order valence-electron chi connectivity index (χ2n) is 6.47. The van der Waals surface area contributed by atoms with Crippen LogP contribution < -0.4 is 15.0 Å². The molecule has 5 nitrogen and oxygen atoms in total. The summed E-state index contributed by atoms with van der Waals surface area (Å²) < 4.78 is 12.5. The second kappa shape index (κ2) is 6.59. The Morgan fingerprint density at radius 3 is 2.64 bits per heavy atom. The number of fused-ring (bicyclic) bond motifs is 1. The summed E-state index contributed by atoms with van der Waals surface area (Å²) in [4.78, 5) is 24.7. The van der Waals surface area contributed by atoms with Crippen LogP contribution in [-0.4, -0.2) is 17.1 Å². The summed E-state index contributed by atoms with van der Waals surface area (Å²) in [6.45, 7) is 7.97. The molecule has 0 saturated heterocycles. The Balaban J connectivity index is 1.99. The Morgan fingerprint density at radius 2 is 2.00 bits per heavy atom. The normalized spacial score (nSPS) is 16.1. The van der Waals surface area contributed by atoms with Crippen LogP contribution in [0.2, 0.25) is 0 Å². The fourth-order valence-corrected chi connectivity index (χ4v) is 2.94. The molecule has 0 saturated carbocycles. The van der Waals surface area contributed by atoms with E-state index in [2.05, 4.69) is 6.58 Å². The highest BCUT2D eigenvalue weighted by atomic mass is 16.5. The molecule has 1 atom stereocenters. The Labute approximate surface area is 146 Å². The summed E-state index contributed by atoms with van der Waals surface area (Å²) in [7, 11) is 1.72. The van der Waals surface area contributed by atoms with Gasteiger partial charge in [-0.05, 0) is 37.1 Å². The molecule has 1 aromatic carbocycles. The van der Waals surface area contributed by atoms with Crippen molar-refractivity contribution in [1.29, 1.82) is 0 Å². The maximum absolute atomic E-state index is 12.7. The number of carbonyl (C=O) groups is 1. The van der Waals surface area contributed by atoms with E-state index in [4.69, 9.17) is 9.47 Å². The minimum atomic E-state index is -0.326. The molecule has 25 heavy (non-hydrogen) atoms. The monoisotopic (exact) mass is 339 g/mol. The minimum Gasteiger partial charge on any atom is -0.489 e. The lowest BCUT2D eigenvalue weighted by molar-refractivity contribution is -0.135. The predicted octanol–water partition coefficient (Wildman–Crippen LogP) is 3.09. The zero-order valence-electron chi connectivity index (χ0n) is 14.7. The van der Waals surface area contributed by atoms with Crippen molar-refractivity contribution in [1.82, 2.24) is 4.57 Å². The number of aromatic nitrogens is 1. The molecule has 0 unspecified atom stereocenters. The van der Waals surface area contributed by atoms with Crippen LogP contribution in [0.4, 0.5) is 0 Å². The lowest BCUT2D eigenvalue weighted by Crippen LogP contribution is -2.31. The molecule has 2 heterocycles. The lowest BCUT2D eigenvalue weighted by atomic mass is 9.87. The van der Waals surface area contributed by atoms with Crippen LogP contribution >= 0.6 is 0 Å². The first kappa shape index (κ1) is 17.0. The van der Waals surface area contributed by atoms with Gasteiger partial charge in [0.1, 0.15) is 18.1 Å². The van der Waals surface area contributed by atoms with Gasteiger partial charge in [0, 0.05) is 24.7 Å². The Kier molecular flexibility index (Phi) is 4.49. The number of carbonyl (C=O) groups excluding carboxylic acids is 1. The van der Waals surface area contributed by atoms with E-state index in [0.29, 0.717) is 17.9 Å². The van der Waals surface area contributed by atoms with Gasteiger partial charge in [-0.1, -0.05) is 18.7 Å². The number of ether oxygens (including phenoxy) is 2. The first-order valence-corrected chi connectivity index (χ1v) is 8.15. The van der Waals surface area contributed by atoms with Crippen LogP contribution in [-0.2, 0) is 11.8 Å². The average molecular weight is 339 g/mol. The number of esters is 1. The van der Waals surface area contributed by atoms with Crippen molar-refractivity contribution in [3.8, 4) is 11.5 Å². The summed E-state index contributed by atoms with van der Waals surface area (Å²) in [5.74, 6) is 0.449. The highest BCUT2D eigenvalue weighted by Crippen LogP contribution is 2.37. The number of hydrogen-bond acceptors (Lipinski definition) is 4. The van der Waals surface area contributed by atoms with Gasteiger partial charge in [-0.3, -0.25) is 9.59 Å². The zero-order valence-corrected chi connectivity index (χ0v) is 14.7. The Hall–Kier alpha value is -2.82.